The lowest BCUT2D eigenvalue weighted by Crippen LogP contribution is -2.17. The van der Waals surface area contributed by atoms with Gasteiger partial charge in [0, 0.05) is 25.4 Å². The largest absolute Gasteiger partial charge is 0.472 e. The molecule has 0 unspecified atom stereocenters. The van der Waals surface area contributed by atoms with Gasteiger partial charge < -0.3 is 15.1 Å². The Balaban J connectivity index is 2.01. The molecule has 0 fully saturated rings. The summed E-state index contributed by atoms with van der Waals surface area (Å²) in [6, 6.07) is 6.05. The number of pyridine rings is 1. The fraction of sp³-hybridized carbons (Fsp3) is 0.308. The minimum atomic E-state index is 0.659. The van der Waals surface area contributed by atoms with Crippen molar-refractivity contribution in [2.75, 3.05) is 18.5 Å². The summed E-state index contributed by atoms with van der Waals surface area (Å²) in [5.74, 6) is 0.951. The van der Waals surface area contributed by atoms with Crippen molar-refractivity contribution in [1.29, 1.82) is 0 Å². The van der Waals surface area contributed by atoms with Crippen LogP contribution in [0.2, 0.25) is 0 Å². The van der Waals surface area contributed by atoms with Gasteiger partial charge in [0.15, 0.2) is 0 Å². The smallest absolute Gasteiger partial charge is 0.128 e. The maximum absolute atomic E-state index is 5.50. The third-order valence-electron chi connectivity index (χ3n) is 2.63. The molecule has 0 atom stereocenters. The van der Waals surface area contributed by atoms with Crippen LogP contribution in [0.25, 0.3) is 0 Å². The van der Waals surface area contributed by atoms with E-state index >= 15 is 0 Å². The van der Waals surface area contributed by atoms with Crippen LogP contribution < -0.4 is 10.6 Å². The highest BCUT2D eigenvalue weighted by molar-refractivity contribution is 5.39. The van der Waals surface area contributed by atoms with Gasteiger partial charge in [0.1, 0.15) is 5.82 Å². The van der Waals surface area contributed by atoms with E-state index in [0.717, 1.165) is 24.3 Å². The van der Waals surface area contributed by atoms with Gasteiger partial charge in [0.05, 0.1) is 12.5 Å². The number of anilines is 1. The molecule has 0 spiro atoms. The fourth-order valence-corrected chi connectivity index (χ4v) is 1.69. The number of nitrogens with zero attached hydrogens (tertiary/aromatic N) is 2. The van der Waals surface area contributed by atoms with Crippen LogP contribution in [0.3, 0.4) is 0 Å². The third kappa shape index (κ3) is 3.07. The molecular weight excluding hydrogens is 214 g/mol. The molecule has 2 aromatic heterocycles. The Kier molecular flexibility index (Phi) is 3.77. The van der Waals surface area contributed by atoms with Crippen molar-refractivity contribution in [3.05, 3.63) is 48.0 Å². The number of nitrogens with two attached hydrogens (primary N) is 1. The highest BCUT2D eigenvalue weighted by Crippen LogP contribution is 2.13. The molecule has 0 aromatic carbocycles. The molecular formula is C13H17N3O. The molecule has 17 heavy (non-hydrogen) atoms. The highest BCUT2D eigenvalue weighted by atomic mass is 16.3. The molecule has 0 aliphatic carbocycles. The molecule has 4 heteroatoms. The summed E-state index contributed by atoms with van der Waals surface area (Å²) in [6.45, 7) is 1.45. The summed E-state index contributed by atoms with van der Waals surface area (Å²) in [7, 11) is 2.01. The van der Waals surface area contributed by atoms with Crippen LogP contribution in [0.15, 0.2) is 41.3 Å². The molecule has 0 aliphatic rings. The first-order valence-electron chi connectivity index (χ1n) is 5.67. The second kappa shape index (κ2) is 5.50. The van der Waals surface area contributed by atoms with Gasteiger partial charge >= 0.3 is 0 Å². The van der Waals surface area contributed by atoms with Gasteiger partial charge in [-0.3, -0.25) is 0 Å². The van der Waals surface area contributed by atoms with E-state index in [4.69, 9.17) is 10.2 Å². The minimum Gasteiger partial charge on any atom is -0.472 e. The molecule has 0 radical (unpaired) electrons. The predicted octanol–water partition coefficient (Wildman–Crippen LogP) is 1.81. The Hall–Kier alpha value is -1.81. The first kappa shape index (κ1) is 11.7. The summed E-state index contributed by atoms with van der Waals surface area (Å²) in [5, 5.41) is 0. The van der Waals surface area contributed by atoms with Crippen LogP contribution in [0.1, 0.15) is 11.1 Å². The van der Waals surface area contributed by atoms with Gasteiger partial charge in [0.25, 0.3) is 0 Å². The monoisotopic (exact) mass is 231 g/mol. The molecule has 0 bridgehead atoms. The van der Waals surface area contributed by atoms with Crippen LogP contribution >= 0.6 is 0 Å². The van der Waals surface area contributed by atoms with Crippen LogP contribution in [-0.4, -0.2) is 18.6 Å². The topological polar surface area (TPSA) is 55.3 Å². The number of furan rings is 1. The molecule has 2 aromatic rings. The molecule has 2 N–H and O–H groups in total. The van der Waals surface area contributed by atoms with Gasteiger partial charge in [-0.2, -0.15) is 0 Å². The van der Waals surface area contributed by atoms with Crippen molar-refractivity contribution >= 4 is 5.82 Å². The second-order valence-corrected chi connectivity index (χ2v) is 4.05. The van der Waals surface area contributed by atoms with Crippen molar-refractivity contribution < 1.29 is 4.42 Å². The first-order valence-corrected chi connectivity index (χ1v) is 5.67. The molecule has 0 aliphatic heterocycles. The standard InChI is InChI=1S/C13H17N3O/c1-16(9-12-5-7-17-10-12)13-3-2-11(4-6-14)8-15-13/h2-3,5,7-8,10H,4,6,9,14H2,1H3. The Morgan fingerprint density at radius 3 is 2.76 bits per heavy atom. The first-order chi connectivity index (χ1) is 8.29. The van der Waals surface area contributed by atoms with E-state index in [1.165, 1.54) is 5.56 Å². The number of rotatable bonds is 5. The van der Waals surface area contributed by atoms with Crippen molar-refractivity contribution in [1.82, 2.24) is 4.98 Å². The van der Waals surface area contributed by atoms with Crippen molar-refractivity contribution in [3.8, 4) is 0 Å². The number of aromatic nitrogens is 1. The summed E-state index contributed by atoms with van der Waals surface area (Å²) >= 11 is 0. The summed E-state index contributed by atoms with van der Waals surface area (Å²) in [4.78, 5) is 6.50. The molecule has 2 heterocycles. The zero-order valence-corrected chi connectivity index (χ0v) is 9.97. The van der Waals surface area contributed by atoms with Crippen molar-refractivity contribution in [3.63, 3.8) is 0 Å². The lowest BCUT2D eigenvalue weighted by Gasteiger charge is -2.17. The highest BCUT2D eigenvalue weighted by Gasteiger charge is 2.04. The summed E-state index contributed by atoms with van der Waals surface area (Å²) in [5.41, 5.74) is 7.81. The predicted molar refractivity (Wildman–Crippen MR) is 67.8 cm³/mol. The SMILES string of the molecule is CN(Cc1ccoc1)c1ccc(CCN)cn1. The van der Waals surface area contributed by atoms with E-state index in [0.29, 0.717) is 6.54 Å². The number of hydrogen-bond donors (Lipinski definition) is 1. The zero-order valence-electron chi connectivity index (χ0n) is 9.97. The number of hydrogen-bond acceptors (Lipinski definition) is 4. The molecule has 2 rings (SSSR count). The maximum Gasteiger partial charge on any atom is 0.128 e. The lowest BCUT2D eigenvalue weighted by atomic mass is 10.2. The van der Waals surface area contributed by atoms with Crippen molar-refractivity contribution in [2.24, 2.45) is 5.73 Å². The van der Waals surface area contributed by atoms with Crippen LogP contribution in [0.5, 0.6) is 0 Å². The van der Waals surface area contributed by atoms with E-state index < -0.39 is 0 Å². The molecule has 0 amide bonds. The Bertz CT molecular complexity index is 436. The molecule has 0 saturated carbocycles. The van der Waals surface area contributed by atoms with Gasteiger partial charge in [-0.1, -0.05) is 6.07 Å². The Morgan fingerprint density at radius 1 is 1.29 bits per heavy atom. The fourth-order valence-electron chi connectivity index (χ4n) is 1.69. The van der Waals surface area contributed by atoms with Crippen LogP contribution in [-0.2, 0) is 13.0 Å². The van der Waals surface area contributed by atoms with E-state index in [9.17, 15) is 0 Å². The molecule has 90 valence electrons. The van der Waals surface area contributed by atoms with Crippen molar-refractivity contribution in [2.45, 2.75) is 13.0 Å². The van der Waals surface area contributed by atoms with Crippen LogP contribution in [0, 0.1) is 0 Å². The maximum atomic E-state index is 5.50. The second-order valence-electron chi connectivity index (χ2n) is 4.05. The van der Waals surface area contributed by atoms with E-state index in [1.807, 2.05) is 25.4 Å². The summed E-state index contributed by atoms with van der Waals surface area (Å²) < 4.78 is 5.04. The van der Waals surface area contributed by atoms with Gasteiger partial charge in [-0.25, -0.2) is 4.98 Å². The van der Waals surface area contributed by atoms with Gasteiger partial charge in [-0.15, -0.1) is 0 Å². The normalized spacial score (nSPS) is 10.5. The van der Waals surface area contributed by atoms with E-state index in [-0.39, 0.29) is 0 Å². The third-order valence-corrected chi connectivity index (χ3v) is 2.63. The zero-order chi connectivity index (χ0) is 12.1. The Morgan fingerprint density at radius 2 is 2.18 bits per heavy atom. The molecule has 4 nitrogen and oxygen atoms in total. The summed E-state index contributed by atoms with van der Waals surface area (Å²) in [6.07, 6.45) is 6.19. The lowest BCUT2D eigenvalue weighted by molar-refractivity contribution is 0.563. The Labute approximate surface area is 101 Å². The van der Waals surface area contributed by atoms with Gasteiger partial charge in [-0.05, 0) is 30.7 Å². The van der Waals surface area contributed by atoms with E-state index in [1.54, 1.807) is 12.5 Å². The van der Waals surface area contributed by atoms with Gasteiger partial charge in [0.2, 0.25) is 0 Å². The average Bonchev–Trinajstić information content (AvgIpc) is 2.83. The van der Waals surface area contributed by atoms with E-state index in [2.05, 4.69) is 16.0 Å². The minimum absolute atomic E-state index is 0.659. The quantitative estimate of drug-likeness (QED) is 0.852. The molecule has 0 saturated heterocycles. The average molecular weight is 231 g/mol. The van der Waals surface area contributed by atoms with Crippen LogP contribution in [0.4, 0.5) is 5.82 Å².